The van der Waals surface area contributed by atoms with Crippen LogP contribution in [0.1, 0.15) is 13.8 Å². The zero-order valence-electron chi connectivity index (χ0n) is 9.40. The van der Waals surface area contributed by atoms with Crippen molar-refractivity contribution in [3.8, 4) is 0 Å². The summed E-state index contributed by atoms with van der Waals surface area (Å²) in [7, 11) is 3.67. The second kappa shape index (κ2) is 6.62. The lowest BCUT2D eigenvalue weighted by Crippen LogP contribution is -2.39. The highest BCUT2D eigenvalue weighted by Gasteiger charge is 2.14. The van der Waals surface area contributed by atoms with Gasteiger partial charge in [-0.1, -0.05) is 12.1 Å². The van der Waals surface area contributed by atoms with Crippen LogP contribution in [0.4, 0.5) is 0 Å². The van der Waals surface area contributed by atoms with Crippen LogP contribution in [-0.2, 0) is 4.74 Å². The lowest BCUT2D eigenvalue weighted by Gasteiger charge is -2.26. The number of likely N-dealkylation sites (N-methyl/N-ethyl adjacent to an activating group) is 1. The van der Waals surface area contributed by atoms with Crippen LogP contribution in [0.25, 0.3) is 0 Å². The molecule has 0 fully saturated rings. The standard InChI is InChI=1S/C9H21N3O2/c1-7(9(10)11-13)5-12(3)8(2)6-14-4/h7-8,13H,5-6H2,1-4H3,(H2,10,11). The zero-order valence-corrected chi connectivity index (χ0v) is 9.40. The van der Waals surface area contributed by atoms with Gasteiger partial charge in [-0.3, -0.25) is 0 Å². The van der Waals surface area contributed by atoms with Crippen molar-refractivity contribution in [2.45, 2.75) is 19.9 Å². The van der Waals surface area contributed by atoms with Crippen molar-refractivity contribution in [1.29, 1.82) is 0 Å². The van der Waals surface area contributed by atoms with Crippen molar-refractivity contribution < 1.29 is 9.94 Å². The van der Waals surface area contributed by atoms with Crippen molar-refractivity contribution in [2.75, 3.05) is 27.3 Å². The maximum absolute atomic E-state index is 8.48. The van der Waals surface area contributed by atoms with Gasteiger partial charge in [0, 0.05) is 25.6 Å². The molecule has 84 valence electrons. The van der Waals surface area contributed by atoms with Gasteiger partial charge in [-0.25, -0.2) is 0 Å². The van der Waals surface area contributed by atoms with Gasteiger partial charge in [0.1, 0.15) is 5.84 Å². The predicted molar refractivity (Wildman–Crippen MR) is 56.5 cm³/mol. The highest BCUT2D eigenvalue weighted by molar-refractivity contribution is 5.82. The molecular formula is C9H21N3O2. The highest BCUT2D eigenvalue weighted by Crippen LogP contribution is 2.02. The van der Waals surface area contributed by atoms with Crippen LogP contribution in [0, 0.1) is 5.92 Å². The normalized spacial score (nSPS) is 17.1. The third kappa shape index (κ3) is 4.43. The van der Waals surface area contributed by atoms with E-state index in [-0.39, 0.29) is 11.8 Å². The zero-order chi connectivity index (χ0) is 11.1. The molecule has 5 heteroatoms. The van der Waals surface area contributed by atoms with Gasteiger partial charge in [0.25, 0.3) is 0 Å². The molecule has 0 aromatic carbocycles. The van der Waals surface area contributed by atoms with Crippen molar-refractivity contribution in [1.82, 2.24) is 4.90 Å². The molecule has 0 rings (SSSR count). The van der Waals surface area contributed by atoms with E-state index in [4.69, 9.17) is 15.7 Å². The highest BCUT2D eigenvalue weighted by atomic mass is 16.5. The Morgan fingerprint density at radius 1 is 1.57 bits per heavy atom. The van der Waals surface area contributed by atoms with Gasteiger partial charge >= 0.3 is 0 Å². The Balaban J connectivity index is 3.98. The Morgan fingerprint density at radius 2 is 2.14 bits per heavy atom. The van der Waals surface area contributed by atoms with Crippen LogP contribution in [0.2, 0.25) is 0 Å². The van der Waals surface area contributed by atoms with E-state index in [1.165, 1.54) is 0 Å². The molecule has 0 heterocycles. The number of amidine groups is 1. The molecule has 0 bridgehead atoms. The summed E-state index contributed by atoms with van der Waals surface area (Å²) in [5.41, 5.74) is 5.48. The SMILES string of the molecule is COCC(C)N(C)CC(C)/C(N)=N/O. The maximum atomic E-state index is 8.48. The Kier molecular flexibility index (Phi) is 6.23. The molecule has 0 aliphatic rings. The van der Waals surface area contributed by atoms with Gasteiger partial charge in [0.15, 0.2) is 0 Å². The van der Waals surface area contributed by atoms with E-state index in [1.807, 2.05) is 14.0 Å². The van der Waals surface area contributed by atoms with Crippen LogP contribution < -0.4 is 5.73 Å². The predicted octanol–water partition coefficient (Wildman–Crippen LogP) is 0.336. The summed E-state index contributed by atoms with van der Waals surface area (Å²) in [6.07, 6.45) is 0. The topological polar surface area (TPSA) is 71.1 Å². The lowest BCUT2D eigenvalue weighted by atomic mass is 10.1. The fourth-order valence-corrected chi connectivity index (χ4v) is 1.17. The minimum Gasteiger partial charge on any atom is -0.409 e. The first-order chi connectivity index (χ1) is 6.52. The molecule has 0 aromatic heterocycles. The molecule has 14 heavy (non-hydrogen) atoms. The molecule has 2 atom stereocenters. The Morgan fingerprint density at radius 3 is 2.57 bits per heavy atom. The molecule has 2 unspecified atom stereocenters. The number of nitrogens with zero attached hydrogens (tertiary/aromatic N) is 2. The molecule has 0 saturated heterocycles. The minimum atomic E-state index is 0.0457. The summed E-state index contributed by atoms with van der Waals surface area (Å²) in [6, 6.07) is 0.328. The molecule has 0 saturated carbocycles. The molecule has 3 N–H and O–H groups in total. The van der Waals surface area contributed by atoms with E-state index in [9.17, 15) is 0 Å². The Bertz CT molecular complexity index is 185. The van der Waals surface area contributed by atoms with Gasteiger partial charge < -0.3 is 20.6 Å². The van der Waals surface area contributed by atoms with Crippen molar-refractivity contribution in [2.24, 2.45) is 16.8 Å². The molecule has 0 aliphatic carbocycles. The van der Waals surface area contributed by atoms with Gasteiger partial charge in [-0.2, -0.15) is 0 Å². The number of hydrogen-bond donors (Lipinski definition) is 2. The van der Waals surface area contributed by atoms with Crippen molar-refractivity contribution >= 4 is 5.84 Å². The average Bonchev–Trinajstić information content (AvgIpc) is 2.16. The molecule has 5 nitrogen and oxygen atoms in total. The number of methoxy groups -OCH3 is 1. The lowest BCUT2D eigenvalue weighted by molar-refractivity contribution is 0.112. The fourth-order valence-electron chi connectivity index (χ4n) is 1.17. The van der Waals surface area contributed by atoms with Crippen LogP contribution >= 0.6 is 0 Å². The van der Waals surface area contributed by atoms with Gasteiger partial charge in [0.2, 0.25) is 0 Å². The smallest absolute Gasteiger partial charge is 0.143 e. The molecule has 0 aliphatic heterocycles. The number of oxime groups is 1. The Hall–Kier alpha value is -0.810. The summed E-state index contributed by atoms with van der Waals surface area (Å²) in [5, 5.41) is 11.5. The summed E-state index contributed by atoms with van der Waals surface area (Å²) < 4.78 is 5.04. The summed E-state index contributed by atoms with van der Waals surface area (Å²) in [5.74, 6) is 0.311. The van der Waals surface area contributed by atoms with Crippen LogP contribution in [0.5, 0.6) is 0 Å². The van der Waals surface area contributed by atoms with Gasteiger partial charge in [0.05, 0.1) is 6.61 Å². The van der Waals surface area contributed by atoms with Crippen LogP contribution in [0.3, 0.4) is 0 Å². The summed E-state index contributed by atoms with van der Waals surface area (Å²) >= 11 is 0. The number of nitrogens with two attached hydrogens (primary N) is 1. The fraction of sp³-hybridized carbons (Fsp3) is 0.889. The molecule has 0 spiro atoms. The van der Waals surface area contributed by atoms with E-state index in [2.05, 4.69) is 17.0 Å². The monoisotopic (exact) mass is 203 g/mol. The van der Waals surface area contributed by atoms with Crippen molar-refractivity contribution in [3.63, 3.8) is 0 Å². The quantitative estimate of drug-likeness (QED) is 0.282. The molecular weight excluding hydrogens is 182 g/mol. The third-order valence-corrected chi connectivity index (χ3v) is 2.34. The number of hydrogen-bond acceptors (Lipinski definition) is 4. The van der Waals surface area contributed by atoms with Crippen LogP contribution in [0.15, 0.2) is 5.16 Å². The second-order valence-corrected chi connectivity index (χ2v) is 3.67. The largest absolute Gasteiger partial charge is 0.409 e. The number of ether oxygens (including phenoxy) is 1. The number of rotatable bonds is 6. The first-order valence-corrected chi connectivity index (χ1v) is 4.69. The van der Waals surface area contributed by atoms with E-state index < -0.39 is 0 Å². The minimum absolute atomic E-state index is 0.0457. The van der Waals surface area contributed by atoms with E-state index in [1.54, 1.807) is 7.11 Å². The first kappa shape index (κ1) is 13.2. The van der Waals surface area contributed by atoms with Crippen LogP contribution in [-0.4, -0.2) is 49.3 Å². The molecule has 0 radical (unpaired) electrons. The summed E-state index contributed by atoms with van der Waals surface area (Å²) in [6.45, 7) is 5.42. The van der Waals surface area contributed by atoms with E-state index in [0.717, 1.165) is 6.54 Å². The third-order valence-electron chi connectivity index (χ3n) is 2.34. The maximum Gasteiger partial charge on any atom is 0.143 e. The molecule has 0 amide bonds. The van der Waals surface area contributed by atoms with E-state index in [0.29, 0.717) is 12.6 Å². The average molecular weight is 203 g/mol. The van der Waals surface area contributed by atoms with Gasteiger partial charge in [-0.05, 0) is 14.0 Å². The first-order valence-electron chi connectivity index (χ1n) is 4.69. The van der Waals surface area contributed by atoms with E-state index >= 15 is 0 Å². The second-order valence-electron chi connectivity index (χ2n) is 3.67. The Labute approximate surface area is 85.5 Å². The molecule has 0 aromatic rings. The summed E-state index contributed by atoms with van der Waals surface area (Å²) in [4.78, 5) is 2.12. The van der Waals surface area contributed by atoms with Gasteiger partial charge in [-0.15, -0.1) is 0 Å². The van der Waals surface area contributed by atoms with Crippen molar-refractivity contribution in [3.05, 3.63) is 0 Å².